The van der Waals surface area contributed by atoms with Gasteiger partial charge in [-0.3, -0.25) is 4.79 Å². The number of benzene rings is 1. The molecule has 1 rings (SSSR count). The van der Waals surface area contributed by atoms with Crippen LogP contribution in [0.3, 0.4) is 0 Å². The Morgan fingerprint density at radius 3 is 2.55 bits per heavy atom. The molecule has 0 unspecified atom stereocenters. The zero-order chi connectivity index (χ0) is 8.43. The summed E-state index contributed by atoms with van der Waals surface area (Å²) in [7, 11) is 0. The minimum atomic E-state index is 0.299. The van der Waals surface area contributed by atoms with E-state index in [0.29, 0.717) is 20.1 Å². The first kappa shape index (κ1) is 9.04. The largest absolute Gasteiger partial charge is 0.285 e. The highest BCUT2D eigenvalue weighted by Crippen LogP contribution is 2.31. The number of carbonyl (C=O) groups excluding carboxylic acids is 1. The van der Waals surface area contributed by atoms with Crippen molar-refractivity contribution < 1.29 is 4.79 Å². The summed E-state index contributed by atoms with van der Waals surface area (Å²) in [5.74, 6) is 0. The van der Waals surface area contributed by atoms with Gasteiger partial charge in [-0.05, 0) is 28.1 Å². The van der Waals surface area contributed by atoms with Crippen molar-refractivity contribution in [2.75, 3.05) is 0 Å². The Kier molecular flexibility index (Phi) is 2.93. The first-order valence-electron chi connectivity index (χ1n) is 2.68. The predicted molar refractivity (Wildman–Crippen MR) is 49.0 cm³/mol. The van der Waals surface area contributed by atoms with Crippen molar-refractivity contribution in [3.8, 4) is 0 Å². The molecule has 0 N–H and O–H groups in total. The predicted octanol–water partition coefficient (Wildman–Crippen LogP) is 3.21. The van der Waals surface area contributed by atoms with E-state index in [2.05, 4.69) is 15.9 Å². The molecular formula is C7H2BrCl2O. The van der Waals surface area contributed by atoms with Crippen molar-refractivity contribution in [2.24, 2.45) is 0 Å². The van der Waals surface area contributed by atoms with Crippen molar-refractivity contribution in [1.82, 2.24) is 0 Å². The Hall–Kier alpha value is -0.0500. The molecule has 0 aliphatic rings. The molecule has 11 heavy (non-hydrogen) atoms. The summed E-state index contributed by atoms with van der Waals surface area (Å²) in [5.41, 5.74) is 0.308. The van der Waals surface area contributed by atoms with Crippen molar-refractivity contribution in [2.45, 2.75) is 0 Å². The van der Waals surface area contributed by atoms with Crippen molar-refractivity contribution >= 4 is 45.4 Å². The van der Waals surface area contributed by atoms with Crippen LogP contribution in [0.4, 0.5) is 0 Å². The third-order valence-electron chi connectivity index (χ3n) is 1.15. The Morgan fingerprint density at radius 1 is 1.36 bits per heavy atom. The smallest absolute Gasteiger partial charge is 0.235 e. The van der Waals surface area contributed by atoms with E-state index in [1.165, 1.54) is 6.07 Å². The van der Waals surface area contributed by atoms with E-state index in [4.69, 9.17) is 23.2 Å². The summed E-state index contributed by atoms with van der Waals surface area (Å²) in [6.07, 6.45) is 1.69. The van der Waals surface area contributed by atoms with Crippen LogP contribution in [0.5, 0.6) is 0 Å². The third kappa shape index (κ3) is 1.75. The molecule has 0 saturated heterocycles. The average Bonchev–Trinajstić information content (AvgIpc) is 2.01. The molecule has 4 heteroatoms. The Morgan fingerprint density at radius 2 is 2.00 bits per heavy atom. The summed E-state index contributed by atoms with van der Waals surface area (Å²) < 4.78 is 0.529. The van der Waals surface area contributed by atoms with Crippen molar-refractivity contribution in [3.05, 3.63) is 32.2 Å². The molecule has 0 atom stereocenters. The second-order valence-electron chi connectivity index (χ2n) is 1.82. The van der Waals surface area contributed by atoms with Gasteiger partial charge in [-0.1, -0.05) is 23.2 Å². The fourth-order valence-corrected chi connectivity index (χ4v) is 1.36. The van der Waals surface area contributed by atoms with Crippen LogP contribution in [0, 0.1) is 0 Å². The number of hydrogen-bond donors (Lipinski definition) is 0. The van der Waals surface area contributed by atoms with Gasteiger partial charge in [0.2, 0.25) is 6.29 Å². The summed E-state index contributed by atoms with van der Waals surface area (Å²) in [6, 6.07) is 3.10. The molecule has 1 nitrogen and oxygen atoms in total. The van der Waals surface area contributed by atoms with Gasteiger partial charge < -0.3 is 0 Å². The van der Waals surface area contributed by atoms with E-state index in [9.17, 15) is 4.79 Å². The fourth-order valence-electron chi connectivity index (χ4n) is 0.605. The van der Waals surface area contributed by atoms with Crippen LogP contribution < -0.4 is 0 Å². The van der Waals surface area contributed by atoms with Crippen molar-refractivity contribution in [3.63, 3.8) is 0 Å². The molecule has 57 valence electrons. The fraction of sp³-hybridized carbons (Fsp3) is 0. The standard InChI is InChI=1S/C7H2BrCl2O/c8-6-5(9)2-1-4(3-11)7(6)10/h1-2H. The normalized spacial score (nSPS) is 9.73. The first-order valence-corrected chi connectivity index (χ1v) is 4.23. The first-order chi connectivity index (χ1) is 5.16. The molecule has 0 aliphatic carbocycles. The quantitative estimate of drug-likeness (QED) is 0.702. The summed E-state index contributed by atoms with van der Waals surface area (Å²) >= 11 is 14.5. The van der Waals surface area contributed by atoms with Gasteiger partial charge in [-0.15, -0.1) is 0 Å². The van der Waals surface area contributed by atoms with E-state index < -0.39 is 0 Å². The van der Waals surface area contributed by atoms with Crippen LogP contribution in [0.15, 0.2) is 16.6 Å². The minimum absolute atomic E-state index is 0.299. The monoisotopic (exact) mass is 251 g/mol. The van der Waals surface area contributed by atoms with Crippen LogP contribution in [0.2, 0.25) is 10.0 Å². The highest BCUT2D eigenvalue weighted by atomic mass is 79.9. The molecule has 1 radical (unpaired) electrons. The maximum Gasteiger partial charge on any atom is 0.235 e. The summed E-state index contributed by atoms with van der Waals surface area (Å²) in [6.45, 7) is 0. The van der Waals surface area contributed by atoms with Gasteiger partial charge in [0, 0.05) is 5.56 Å². The summed E-state index contributed by atoms with van der Waals surface area (Å²) in [4.78, 5) is 10.2. The zero-order valence-corrected chi connectivity index (χ0v) is 8.29. The van der Waals surface area contributed by atoms with E-state index in [1.54, 1.807) is 12.4 Å². The number of hydrogen-bond acceptors (Lipinski definition) is 1. The molecule has 0 heterocycles. The lowest BCUT2D eigenvalue weighted by molar-refractivity contribution is 0.563. The molecule has 0 saturated carbocycles. The molecule has 0 aromatic heterocycles. The van der Waals surface area contributed by atoms with Crippen LogP contribution >= 0.6 is 39.1 Å². The van der Waals surface area contributed by atoms with Crippen LogP contribution in [0.25, 0.3) is 0 Å². The second-order valence-corrected chi connectivity index (χ2v) is 3.40. The maximum absolute atomic E-state index is 10.2. The number of rotatable bonds is 1. The molecule has 0 aliphatic heterocycles. The second kappa shape index (κ2) is 3.57. The SMILES string of the molecule is O=[C]c1ccc(Cl)c(Br)c1Cl. The van der Waals surface area contributed by atoms with Gasteiger partial charge in [-0.2, -0.15) is 0 Å². The summed E-state index contributed by atoms with van der Waals surface area (Å²) in [5, 5.41) is 0.779. The van der Waals surface area contributed by atoms with Gasteiger partial charge in [0.25, 0.3) is 0 Å². The highest BCUT2D eigenvalue weighted by molar-refractivity contribution is 9.10. The van der Waals surface area contributed by atoms with Crippen molar-refractivity contribution in [1.29, 1.82) is 0 Å². The average molecular weight is 253 g/mol. The Labute approximate surface area is 82.4 Å². The molecule has 0 bridgehead atoms. The molecule has 1 aromatic carbocycles. The topological polar surface area (TPSA) is 17.1 Å². The third-order valence-corrected chi connectivity index (χ3v) is 3.13. The zero-order valence-electron chi connectivity index (χ0n) is 5.20. The van der Waals surface area contributed by atoms with Gasteiger partial charge >= 0.3 is 0 Å². The molecular weight excluding hydrogens is 251 g/mol. The molecule has 0 amide bonds. The van der Waals surface area contributed by atoms with E-state index in [0.717, 1.165) is 0 Å². The minimum Gasteiger partial charge on any atom is -0.285 e. The van der Waals surface area contributed by atoms with Gasteiger partial charge in [0.15, 0.2) is 0 Å². The Bertz CT molecular complexity index is 299. The van der Waals surface area contributed by atoms with Gasteiger partial charge in [0.1, 0.15) is 0 Å². The maximum atomic E-state index is 10.2. The lowest BCUT2D eigenvalue weighted by atomic mass is 10.2. The van der Waals surface area contributed by atoms with Crippen LogP contribution in [0.1, 0.15) is 5.56 Å². The number of halogens is 3. The Balaban J connectivity index is 3.36. The molecule has 0 fully saturated rings. The lowest BCUT2D eigenvalue weighted by Crippen LogP contribution is -1.83. The highest BCUT2D eigenvalue weighted by Gasteiger charge is 2.06. The van der Waals surface area contributed by atoms with E-state index >= 15 is 0 Å². The van der Waals surface area contributed by atoms with Crippen LogP contribution in [-0.4, -0.2) is 6.29 Å². The molecule has 1 aromatic rings. The molecule has 0 spiro atoms. The van der Waals surface area contributed by atoms with Gasteiger partial charge in [0.05, 0.1) is 14.5 Å². The lowest BCUT2D eigenvalue weighted by Gasteiger charge is -1.99. The van der Waals surface area contributed by atoms with E-state index in [1.807, 2.05) is 0 Å². The van der Waals surface area contributed by atoms with E-state index in [-0.39, 0.29) is 0 Å². The van der Waals surface area contributed by atoms with Gasteiger partial charge in [-0.25, -0.2) is 0 Å². The van der Waals surface area contributed by atoms with Crippen LogP contribution in [-0.2, 0) is 4.79 Å².